The highest BCUT2D eigenvalue weighted by Gasteiger charge is 2.36. The van der Waals surface area contributed by atoms with E-state index in [-0.39, 0.29) is 25.2 Å². The maximum atomic E-state index is 14.1. The first-order valence-corrected chi connectivity index (χ1v) is 22.8. The van der Waals surface area contributed by atoms with E-state index in [1.807, 2.05) is 10.6 Å². The second-order valence-electron chi connectivity index (χ2n) is 17.6. The number of aromatic amines is 1. The number of H-pyrrole nitrogens is 1. The average molecular weight is 1030 g/mol. The highest BCUT2D eigenvalue weighted by atomic mass is 16.4. The molecule has 0 aliphatic rings. The zero-order chi connectivity index (χ0) is 55.1. The minimum absolute atomic E-state index is 0.0420. The number of carbonyl (C=O) groups is 12. The highest BCUT2D eigenvalue weighted by molar-refractivity contribution is 5.99. The number of amides is 11. The number of nitrogens with two attached hydrogens (primary N) is 4. The first kappa shape index (κ1) is 61.1. The van der Waals surface area contributed by atoms with Gasteiger partial charge in [-0.05, 0) is 23.8 Å². The molecule has 0 saturated heterocycles. The van der Waals surface area contributed by atoms with Crippen LogP contribution in [0.25, 0.3) is 0 Å². The molecule has 0 unspecified atom stereocenters. The van der Waals surface area contributed by atoms with Gasteiger partial charge in [0.05, 0.1) is 44.8 Å². The monoisotopic (exact) mass is 1030 g/mol. The summed E-state index contributed by atoms with van der Waals surface area (Å²) in [6.07, 6.45) is -0.0355. The third kappa shape index (κ3) is 21.5. The first-order chi connectivity index (χ1) is 34.3. The number of benzene rings is 1. The Labute approximate surface area is 418 Å². The second-order valence-corrected chi connectivity index (χ2v) is 17.6. The van der Waals surface area contributed by atoms with Crippen molar-refractivity contribution >= 4 is 70.9 Å². The van der Waals surface area contributed by atoms with E-state index in [1.165, 1.54) is 12.5 Å². The number of carbonyl (C=O) groups excluding carboxylic acids is 11. The molecule has 0 spiro atoms. The van der Waals surface area contributed by atoms with Crippen molar-refractivity contribution in [2.45, 2.75) is 121 Å². The normalized spacial score (nSPS) is 14.8. The number of aromatic nitrogens is 2. The zero-order valence-electron chi connectivity index (χ0n) is 40.5. The molecule has 0 bridgehead atoms. The summed E-state index contributed by atoms with van der Waals surface area (Å²) in [7, 11) is 0. The number of primary amides is 3. The van der Waals surface area contributed by atoms with Crippen molar-refractivity contribution in [3.8, 4) is 0 Å². The summed E-state index contributed by atoms with van der Waals surface area (Å²) in [4.78, 5) is 161. The minimum atomic E-state index is -1.94. The Morgan fingerprint density at radius 3 is 1.42 bits per heavy atom. The van der Waals surface area contributed by atoms with Gasteiger partial charge in [-0.25, -0.2) is 9.78 Å². The Kier molecular flexibility index (Phi) is 25.1. The summed E-state index contributed by atoms with van der Waals surface area (Å²) in [6.45, 7) is 4.38. The van der Waals surface area contributed by atoms with E-state index in [9.17, 15) is 72.9 Å². The van der Waals surface area contributed by atoms with E-state index < -0.39 is 164 Å². The van der Waals surface area contributed by atoms with Crippen LogP contribution in [-0.4, -0.2) is 164 Å². The first-order valence-electron chi connectivity index (χ1n) is 22.8. The number of nitrogens with zero attached hydrogens (tertiary/aromatic N) is 1. The van der Waals surface area contributed by atoms with Crippen LogP contribution in [0, 0.1) is 11.8 Å². The van der Waals surface area contributed by atoms with Crippen molar-refractivity contribution in [2.75, 3.05) is 13.2 Å². The number of nitrogens with one attached hydrogen (secondary N) is 9. The van der Waals surface area contributed by atoms with Gasteiger partial charge in [0.2, 0.25) is 65.0 Å². The summed E-state index contributed by atoms with van der Waals surface area (Å²) in [6, 6.07) is -5.99. The Balaban J connectivity index is 2.33. The zero-order valence-corrected chi connectivity index (χ0v) is 40.5. The van der Waals surface area contributed by atoms with Crippen molar-refractivity contribution in [1.82, 2.24) is 52.5 Å². The fourth-order valence-electron chi connectivity index (χ4n) is 6.79. The molecule has 0 radical (unpaired) electrons. The van der Waals surface area contributed by atoms with Gasteiger partial charge in [-0.2, -0.15) is 0 Å². The molecule has 73 heavy (non-hydrogen) atoms. The number of aliphatic carboxylic acids is 1. The number of imidazole rings is 1. The van der Waals surface area contributed by atoms with Gasteiger partial charge < -0.3 is 85.8 Å². The molecule has 0 saturated carbocycles. The van der Waals surface area contributed by atoms with E-state index in [1.54, 1.807) is 58.0 Å². The second kappa shape index (κ2) is 30.0. The molecule has 29 nitrogen and oxygen atoms in total. The predicted molar refractivity (Wildman–Crippen MR) is 253 cm³/mol. The SMILES string of the molecule is CC(C)C[C@H](NC(=O)[C@H](Cc1ccccc1)NC(=O)[C@@H](N)CC(N)=O)C(=O)N[C@H](C(=O)N[C@@H](Cc1cnc[nH]1)C(=O)N[C@@H](CO)C(=O)N[C@@H](CO)C(=O)N[C@@H](CC(N)=O)C(=O)N[C@@H](CC(N)=O)C(=O)O)C(C)C. The summed E-state index contributed by atoms with van der Waals surface area (Å²) in [5.41, 5.74) is 22.2. The fourth-order valence-corrected chi connectivity index (χ4v) is 6.79. The van der Waals surface area contributed by atoms with E-state index in [0.29, 0.717) is 11.3 Å². The van der Waals surface area contributed by atoms with E-state index >= 15 is 0 Å². The number of aliphatic hydroxyl groups is 2. The fraction of sp³-hybridized carbons (Fsp3) is 0.523. The third-order valence-corrected chi connectivity index (χ3v) is 10.6. The van der Waals surface area contributed by atoms with Crippen LogP contribution in [-0.2, 0) is 70.4 Å². The van der Waals surface area contributed by atoms with Gasteiger partial charge in [0.25, 0.3) is 0 Å². The lowest BCUT2D eigenvalue weighted by molar-refractivity contribution is -0.144. The van der Waals surface area contributed by atoms with Gasteiger partial charge in [0, 0.05) is 24.7 Å². The number of carboxylic acids is 1. The highest BCUT2D eigenvalue weighted by Crippen LogP contribution is 2.12. The van der Waals surface area contributed by atoms with E-state index in [2.05, 4.69) is 41.9 Å². The molecular weight excluding hydrogens is 965 g/mol. The third-order valence-electron chi connectivity index (χ3n) is 10.6. The van der Waals surface area contributed by atoms with Gasteiger partial charge in [-0.15, -0.1) is 0 Å². The molecule has 2 aromatic rings. The van der Waals surface area contributed by atoms with E-state index in [0.717, 1.165) is 0 Å². The molecule has 1 aromatic carbocycles. The molecule has 9 atom stereocenters. The maximum Gasteiger partial charge on any atom is 0.326 e. The van der Waals surface area contributed by atoms with Crippen LogP contribution >= 0.6 is 0 Å². The molecule has 0 fully saturated rings. The number of aliphatic hydroxyl groups excluding tert-OH is 2. The number of hydrogen-bond donors (Lipinski definition) is 16. The van der Waals surface area contributed by atoms with Crippen LogP contribution in [0.5, 0.6) is 0 Å². The summed E-state index contributed by atoms with van der Waals surface area (Å²) >= 11 is 0. The van der Waals surface area contributed by atoms with Gasteiger partial charge in [-0.1, -0.05) is 58.0 Å². The van der Waals surface area contributed by atoms with Crippen LogP contribution in [0.3, 0.4) is 0 Å². The Morgan fingerprint density at radius 2 is 0.959 bits per heavy atom. The standard InChI is InChI=1S/C44H66N14O15/c1-20(2)10-25(52-37(65)26(11-22-8-6-5-7-9-22)51-36(64)24(45)13-32(46)61)40(68)58-35(21(3)4)43(71)54-27(12-23-16-49-19-50-23)38(66)56-31(18-60)42(70)57-30(17-59)41(69)53-28(14-33(47)62)39(67)55-29(44(72)73)15-34(48)63/h5-9,16,19-21,24-31,35,59-60H,10-15,17-18,45H2,1-4H3,(H2,46,61)(H2,47,62)(H2,48,63)(H,49,50)(H,51,64)(H,52,65)(H,53,69)(H,54,71)(H,55,67)(H,56,66)(H,57,70)(H,58,68)(H,72,73)/t24-,25-,26-,27-,28-,29-,30-,31-,35-/m0/s1. The van der Waals surface area contributed by atoms with Crippen LogP contribution < -0.4 is 65.5 Å². The van der Waals surface area contributed by atoms with Crippen molar-refractivity contribution in [3.05, 3.63) is 54.1 Å². The van der Waals surface area contributed by atoms with Crippen molar-refractivity contribution < 1.29 is 72.9 Å². The molecule has 0 aliphatic carbocycles. The lowest BCUT2D eigenvalue weighted by Gasteiger charge is -2.29. The van der Waals surface area contributed by atoms with Gasteiger partial charge in [0.15, 0.2) is 0 Å². The summed E-state index contributed by atoms with van der Waals surface area (Å²) in [5.74, 6) is -14.1. The number of carboxylic acid groups (broad SMARTS) is 1. The summed E-state index contributed by atoms with van der Waals surface area (Å²) < 4.78 is 0. The van der Waals surface area contributed by atoms with Crippen LogP contribution in [0.15, 0.2) is 42.9 Å². The van der Waals surface area contributed by atoms with E-state index in [4.69, 9.17) is 22.9 Å². The van der Waals surface area contributed by atoms with Crippen LogP contribution in [0.2, 0.25) is 0 Å². The lowest BCUT2D eigenvalue weighted by Crippen LogP contribution is -2.62. The average Bonchev–Trinajstić information content (AvgIpc) is 3.82. The number of rotatable bonds is 32. The number of hydrogen-bond acceptors (Lipinski definition) is 16. The minimum Gasteiger partial charge on any atom is -0.480 e. The maximum absolute atomic E-state index is 14.1. The predicted octanol–water partition coefficient (Wildman–Crippen LogP) is -7.20. The molecule has 1 aromatic heterocycles. The molecule has 11 amide bonds. The van der Waals surface area contributed by atoms with Crippen molar-refractivity contribution in [1.29, 1.82) is 0 Å². The van der Waals surface area contributed by atoms with Gasteiger partial charge >= 0.3 is 5.97 Å². The largest absolute Gasteiger partial charge is 0.480 e. The topological polar surface area (TPSA) is 495 Å². The Hall–Kier alpha value is -8.05. The molecular formula is C44H66N14O15. The van der Waals surface area contributed by atoms with Crippen LogP contribution in [0.4, 0.5) is 0 Å². The van der Waals surface area contributed by atoms with Crippen molar-refractivity contribution in [2.24, 2.45) is 34.8 Å². The van der Waals surface area contributed by atoms with Crippen LogP contribution in [0.1, 0.15) is 64.6 Å². The molecule has 1 heterocycles. The molecule has 2 rings (SSSR count). The molecule has 0 aliphatic heterocycles. The Bertz CT molecular complexity index is 2260. The van der Waals surface area contributed by atoms with Crippen molar-refractivity contribution in [3.63, 3.8) is 0 Å². The quantitative estimate of drug-likeness (QED) is 0.0324. The summed E-state index contributed by atoms with van der Waals surface area (Å²) in [5, 5.41) is 48.1. The molecule has 29 heteroatoms. The smallest absolute Gasteiger partial charge is 0.326 e. The lowest BCUT2D eigenvalue weighted by atomic mass is 9.98. The molecule has 402 valence electrons. The van der Waals surface area contributed by atoms with Gasteiger partial charge in [-0.3, -0.25) is 52.7 Å². The Morgan fingerprint density at radius 1 is 0.534 bits per heavy atom. The van der Waals surface area contributed by atoms with Gasteiger partial charge in [0.1, 0.15) is 48.3 Å². The molecule has 20 N–H and O–H groups in total.